The first-order valence-electron chi connectivity index (χ1n) is 9.01. The molecular formula is C19H24ClN5O3. The fourth-order valence-corrected chi connectivity index (χ4v) is 3.03. The number of halogens is 1. The molecule has 1 saturated heterocycles. The molecule has 1 aromatic carbocycles. The van der Waals surface area contributed by atoms with Crippen molar-refractivity contribution in [3.8, 4) is 5.75 Å². The Bertz CT molecular complexity index is 878. The standard InChI is InChI=1S/C19H24ClN5O3/c1-11-10-16(26)23-18(21-11)25-15(9-12(2)24-25)22-17(27)19(3,4)28-14-7-5-13(20)6-8-14/h5-9,11,18,21H,10H2,1-4H3,(H,22,27)(H,23,26). The third-order valence-electron chi connectivity index (χ3n) is 4.31. The average molecular weight is 406 g/mol. The number of aromatic nitrogens is 2. The van der Waals surface area contributed by atoms with Crippen molar-refractivity contribution in [2.75, 3.05) is 5.32 Å². The van der Waals surface area contributed by atoms with Crippen LogP contribution >= 0.6 is 11.6 Å². The van der Waals surface area contributed by atoms with E-state index in [9.17, 15) is 9.59 Å². The van der Waals surface area contributed by atoms with Crippen LogP contribution in [0.15, 0.2) is 30.3 Å². The summed E-state index contributed by atoms with van der Waals surface area (Å²) in [6.45, 7) is 7.08. The quantitative estimate of drug-likeness (QED) is 0.710. The van der Waals surface area contributed by atoms with Crippen LogP contribution in [0, 0.1) is 6.92 Å². The number of carbonyl (C=O) groups excluding carboxylic acids is 2. The van der Waals surface area contributed by atoms with Crippen LogP contribution in [0.25, 0.3) is 0 Å². The maximum absolute atomic E-state index is 12.9. The molecule has 2 atom stereocenters. The minimum Gasteiger partial charge on any atom is -0.478 e. The molecule has 28 heavy (non-hydrogen) atoms. The van der Waals surface area contributed by atoms with Gasteiger partial charge in [0, 0.05) is 23.6 Å². The lowest BCUT2D eigenvalue weighted by atomic mass is 10.1. The van der Waals surface area contributed by atoms with Crippen molar-refractivity contribution in [3.05, 3.63) is 41.0 Å². The summed E-state index contributed by atoms with van der Waals surface area (Å²) in [6, 6.07) is 8.53. The van der Waals surface area contributed by atoms with Gasteiger partial charge in [0.2, 0.25) is 5.91 Å². The summed E-state index contributed by atoms with van der Waals surface area (Å²) < 4.78 is 7.39. The van der Waals surface area contributed by atoms with Gasteiger partial charge in [0.1, 0.15) is 11.6 Å². The number of hydrogen-bond donors (Lipinski definition) is 3. The summed E-state index contributed by atoms with van der Waals surface area (Å²) in [7, 11) is 0. The molecule has 3 rings (SSSR count). The van der Waals surface area contributed by atoms with Crippen molar-refractivity contribution in [2.45, 2.75) is 52.0 Å². The summed E-state index contributed by atoms with van der Waals surface area (Å²) in [4.78, 5) is 24.7. The molecule has 2 unspecified atom stereocenters. The Labute approximate surface area is 168 Å². The maximum Gasteiger partial charge on any atom is 0.269 e. The second-order valence-corrected chi connectivity index (χ2v) is 7.81. The van der Waals surface area contributed by atoms with Crippen LogP contribution in [0.4, 0.5) is 5.82 Å². The number of amides is 2. The van der Waals surface area contributed by atoms with Crippen molar-refractivity contribution in [1.29, 1.82) is 0 Å². The molecule has 3 N–H and O–H groups in total. The second kappa shape index (κ2) is 7.81. The zero-order valence-electron chi connectivity index (χ0n) is 16.2. The molecule has 0 saturated carbocycles. The zero-order valence-corrected chi connectivity index (χ0v) is 17.0. The molecule has 0 radical (unpaired) electrons. The fourth-order valence-electron chi connectivity index (χ4n) is 2.91. The van der Waals surface area contributed by atoms with E-state index in [1.165, 1.54) is 0 Å². The number of nitrogens with zero attached hydrogens (tertiary/aromatic N) is 2. The van der Waals surface area contributed by atoms with Gasteiger partial charge >= 0.3 is 0 Å². The topological polar surface area (TPSA) is 97.3 Å². The van der Waals surface area contributed by atoms with Crippen LogP contribution in [0.5, 0.6) is 5.75 Å². The van der Waals surface area contributed by atoms with Gasteiger partial charge in [0.15, 0.2) is 11.9 Å². The molecule has 2 amide bonds. The maximum atomic E-state index is 12.9. The molecule has 2 aromatic rings. The monoisotopic (exact) mass is 405 g/mol. The zero-order chi connectivity index (χ0) is 20.5. The molecule has 1 aliphatic rings. The number of anilines is 1. The van der Waals surface area contributed by atoms with E-state index in [0.717, 1.165) is 0 Å². The molecule has 9 heteroatoms. The summed E-state index contributed by atoms with van der Waals surface area (Å²) in [5.74, 6) is 0.568. The van der Waals surface area contributed by atoms with Crippen LogP contribution in [0.3, 0.4) is 0 Å². The van der Waals surface area contributed by atoms with Crippen LogP contribution in [0.2, 0.25) is 5.02 Å². The molecule has 8 nitrogen and oxygen atoms in total. The van der Waals surface area contributed by atoms with Gasteiger partial charge < -0.3 is 15.4 Å². The van der Waals surface area contributed by atoms with E-state index in [4.69, 9.17) is 16.3 Å². The summed E-state index contributed by atoms with van der Waals surface area (Å²) in [6.07, 6.45) is -0.152. The molecule has 1 aliphatic heterocycles. The van der Waals surface area contributed by atoms with Crippen LogP contribution in [-0.4, -0.2) is 33.2 Å². The first-order chi connectivity index (χ1) is 13.1. The predicted octanol–water partition coefficient (Wildman–Crippen LogP) is 2.60. The van der Waals surface area contributed by atoms with Gasteiger partial charge in [-0.25, -0.2) is 4.68 Å². The lowest BCUT2D eigenvalue weighted by molar-refractivity contribution is -0.128. The summed E-state index contributed by atoms with van der Waals surface area (Å²) in [5.41, 5.74) is -0.436. The van der Waals surface area contributed by atoms with Gasteiger partial charge in [-0.3, -0.25) is 14.9 Å². The third kappa shape index (κ3) is 4.63. The van der Waals surface area contributed by atoms with E-state index in [1.807, 2.05) is 13.8 Å². The van der Waals surface area contributed by atoms with Crippen molar-refractivity contribution in [1.82, 2.24) is 20.4 Å². The first kappa shape index (κ1) is 20.2. The Balaban J connectivity index is 1.76. The Hall–Kier alpha value is -2.58. The molecule has 1 fully saturated rings. The van der Waals surface area contributed by atoms with E-state index < -0.39 is 11.9 Å². The predicted molar refractivity (Wildman–Crippen MR) is 106 cm³/mol. The fraction of sp³-hybridized carbons (Fsp3) is 0.421. The highest BCUT2D eigenvalue weighted by Gasteiger charge is 2.32. The van der Waals surface area contributed by atoms with Crippen LogP contribution in [0.1, 0.15) is 39.2 Å². The molecule has 0 spiro atoms. The number of benzene rings is 1. The van der Waals surface area contributed by atoms with E-state index >= 15 is 0 Å². The molecule has 1 aromatic heterocycles. The molecule has 0 bridgehead atoms. The van der Waals surface area contributed by atoms with Crippen LogP contribution < -0.4 is 20.7 Å². The third-order valence-corrected chi connectivity index (χ3v) is 4.56. The van der Waals surface area contributed by atoms with E-state index in [-0.39, 0.29) is 17.9 Å². The Morgan fingerprint density at radius 1 is 1.36 bits per heavy atom. The number of carbonyl (C=O) groups is 2. The normalized spacial score (nSPS) is 19.8. The van der Waals surface area contributed by atoms with Gasteiger partial charge in [-0.1, -0.05) is 11.6 Å². The Kier molecular flexibility index (Phi) is 5.62. The largest absolute Gasteiger partial charge is 0.478 e. The van der Waals surface area contributed by atoms with E-state index in [1.54, 1.807) is 48.9 Å². The Morgan fingerprint density at radius 3 is 2.68 bits per heavy atom. The minimum absolute atomic E-state index is 0.00325. The summed E-state index contributed by atoms with van der Waals surface area (Å²) >= 11 is 5.89. The highest BCUT2D eigenvalue weighted by molar-refractivity contribution is 6.30. The lowest BCUT2D eigenvalue weighted by Gasteiger charge is -2.31. The molecule has 150 valence electrons. The first-order valence-corrected chi connectivity index (χ1v) is 9.39. The number of aryl methyl sites for hydroxylation is 1. The van der Waals surface area contributed by atoms with E-state index in [0.29, 0.717) is 28.7 Å². The number of rotatable bonds is 5. The van der Waals surface area contributed by atoms with Gasteiger partial charge in [-0.05, 0) is 52.0 Å². The van der Waals surface area contributed by atoms with Crippen molar-refractivity contribution in [2.24, 2.45) is 0 Å². The van der Waals surface area contributed by atoms with E-state index in [2.05, 4.69) is 21.0 Å². The van der Waals surface area contributed by atoms with Crippen LogP contribution in [-0.2, 0) is 9.59 Å². The van der Waals surface area contributed by atoms with Crippen molar-refractivity contribution >= 4 is 29.2 Å². The summed E-state index contributed by atoms with van der Waals surface area (Å²) in [5, 5.41) is 13.9. The average Bonchev–Trinajstić information content (AvgIpc) is 2.96. The number of hydrogen-bond acceptors (Lipinski definition) is 5. The van der Waals surface area contributed by atoms with Gasteiger partial charge in [-0.2, -0.15) is 5.10 Å². The molecule has 2 heterocycles. The lowest BCUT2D eigenvalue weighted by Crippen LogP contribution is -2.52. The van der Waals surface area contributed by atoms with Gasteiger partial charge in [0.25, 0.3) is 5.91 Å². The van der Waals surface area contributed by atoms with Gasteiger partial charge in [0.05, 0.1) is 5.69 Å². The minimum atomic E-state index is -1.15. The molecular weight excluding hydrogens is 382 g/mol. The number of ether oxygens (including phenoxy) is 1. The highest BCUT2D eigenvalue weighted by Crippen LogP contribution is 2.23. The Morgan fingerprint density at radius 2 is 2.04 bits per heavy atom. The van der Waals surface area contributed by atoms with Crippen molar-refractivity contribution in [3.63, 3.8) is 0 Å². The smallest absolute Gasteiger partial charge is 0.269 e. The van der Waals surface area contributed by atoms with Crippen molar-refractivity contribution < 1.29 is 14.3 Å². The SMILES string of the molecule is Cc1cc(NC(=O)C(C)(C)Oc2ccc(Cl)cc2)n(C2NC(=O)CC(C)N2)n1. The van der Waals surface area contributed by atoms with Gasteiger partial charge in [-0.15, -0.1) is 0 Å². The number of nitrogens with one attached hydrogen (secondary N) is 3. The molecule has 0 aliphatic carbocycles. The highest BCUT2D eigenvalue weighted by atomic mass is 35.5. The second-order valence-electron chi connectivity index (χ2n) is 7.38.